The van der Waals surface area contributed by atoms with E-state index in [4.69, 9.17) is 13.7 Å². The van der Waals surface area contributed by atoms with Crippen LogP contribution in [0.1, 0.15) is 49.0 Å². The molecule has 8 nitrogen and oxygen atoms in total. The maximum atomic E-state index is 13.0. The second-order valence-electron chi connectivity index (χ2n) is 8.52. The van der Waals surface area contributed by atoms with Gasteiger partial charge in [0.2, 0.25) is 5.91 Å². The van der Waals surface area contributed by atoms with Crippen molar-refractivity contribution in [3.63, 3.8) is 0 Å². The van der Waals surface area contributed by atoms with Crippen LogP contribution in [0, 0.1) is 5.92 Å². The molecule has 0 saturated heterocycles. The van der Waals surface area contributed by atoms with Gasteiger partial charge >= 0.3 is 16.1 Å². The molecular formula is C25H31NO7S. The van der Waals surface area contributed by atoms with E-state index in [2.05, 4.69) is 0 Å². The summed E-state index contributed by atoms with van der Waals surface area (Å²) in [6.45, 7) is 4.53. The van der Waals surface area contributed by atoms with Crippen molar-refractivity contribution in [1.82, 2.24) is 4.90 Å². The van der Waals surface area contributed by atoms with Crippen LogP contribution >= 0.6 is 0 Å². The van der Waals surface area contributed by atoms with Crippen LogP contribution in [0.25, 0.3) is 0 Å². The molecular weight excluding hydrogens is 458 g/mol. The zero-order chi connectivity index (χ0) is 24.7. The summed E-state index contributed by atoms with van der Waals surface area (Å²) in [5.41, 5.74) is 0.633. The lowest BCUT2D eigenvalue weighted by Gasteiger charge is -2.31. The third-order valence-electron chi connectivity index (χ3n) is 5.53. The normalized spacial score (nSPS) is 13.9. The fourth-order valence-electron chi connectivity index (χ4n) is 3.60. The van der Waals surface area contributed by atoms with Crippen LogP contribution in [-0.2, 0) is 30.9 Å². The number of nitrogens with zero attached hydrogens (tertiary/aromatic N) is 1. The average Bonchev–Trinajstić information content (AvgIpc) is 2.75. The number of rotatable bonds is 11. The van der Waals surface area contributed by atoms with Crippen molar-refractivity contribution in [2.75, 3.05) is 20.3 Å². The van der Waals surface area contributed by atoms with Crippen molar-refractivity contribution < 1.29 is 31.7 Å². The standard InChI is InChI=1S/C25H31NO7S/c1-18(2)32-25(28)22-12-4-5-13-23(22)34(29,30)33-21-11-6-8-19(16-21)17-26(14-15-31-3)24(27)20-9-7-10-20/h4-6,8,11-13,16,18,20H,7,9-10,14-15,17H2,1-3H3. The average molecular weight is 490 g/mol. The van der Waals surface area contributed by atoms with E-state index in [1.54, 1.807) is 50.1 Å². The summed E-state index contributed by atoms with van der Waals surface area (Å²) in [5.74, 6) is -0.527. The van der Waals surface area contributed by atoms with E-state index in [1.165, 1.54) is 24.3 Å². The molecule has 1 saturated carbocycles. The molecule has 1 aliphatic rings. The van der Waals surface area contributed by atoms with Gasteiger partial charge in [0.25, 0.3) is 0 Å². The first-order valence-electron chi connectivity index (χ1n) is 11.3. The van der Waals surface area contributed by atoms with Crippen LogP contribution in [0.15, 0.2) is 53.4 Å². The minimum atomic E-state index is -4.31. The molecule has 9 heteroatoms. The Bertz CT molecular complexity index is 1110. The highest BCUT2D eigenvalue weighted by molar-refractivity contribution is 7.87. The first kappa shape index (κ1) is 25.7. The summed E-state index contributed by atoms with van der Waals surface area (Å²) in [7, 11) is -2.73. The van der Waals surface area contributed by atoms with Gasteiger partial charge in [0, 0.05) is 26.1 Å². The van der Waals surface area contributed by atoms with Crippen molar-refractivity contribution >= 4 is 22.0 Å². The second kappa shape index (κ2) is 11.5. The lowest BCUT2D eigenvalue weighted by atomic mass is 9.84. The molecule has 0 unspecified atom stereocenters. The Labute approximate surface area is 200 Å². The quantitative estimate of drug-likeness (QED) is 0.350. The lowest BCUT2D eigenvalue weighted by Crippen LogP contribution is -2.40. The highest BCUT2D eigenvalue weighted by Gasteiger charge is 2.30. The third-order valence-corrected chi connectivity index (χ3v) is 6.83. The number of carbonyl (C=O) groups excluding carboxylic acids is 2. The van der Waals surface area contributed by atoms with Gasteiger partial charge in [0.1, 0.15) is 10.6 Å². The van der Waals surface area contributed by atoms with Crippen LogP contribution in [0.2, 0.25) is 0 Å². The molecule has 0 heterocycles. The van der Waals surface area contributed by atoms with Crippen molar-refractivity contribution in [3.05, 3.63) is 59.7 Å². The Morgan fingerprint density at radius 3 is 2.47 bits per heavy atom. The van der Waals surface area contributed by atoms with E-state index in [0.29, 0.717) is 19.7 Å². The minimum Gasteiger partial charge on any atom is -0.459 e. The smallest absolute Gasteiger partial charge is 0.340 e. The third kappa shape index (κ3) is 6.57. The van der Waals surface area contributed by atoms with Crippen LogP contribution in [0.3, 0.4) is 0 Å². The molecule has 0 aromatic heterocycles. The molecule has 0 radical (unpaired) electrons. The molecule has 0 bridgehead atoms. The van der Waals surface area contributed by atoms with Crippen LogP contribution in [-0.4, -0.2) is 51.6 Å². The maximum Gasteiger partial charge on any atom is 0.340 e. The van der Waals surface area contributed by atoms with E-state index in [9.17, 15) is 18.0 Å². The fraction of sp³-hybridized carbons (Fsp3) is 0.440. The van der Waals surface area contributed by atoms with Gasteiger partial charge in [-0.3, -0.25) is 4.79 Å². The van der Waals surface area contributed by atoms with Gasteiger partial charge in [-0.15, -0.1) is 0 Å². The summed E-state index contributed by atoms with van der Waals surface area (Å²) in [5, 5.41) is 0. The van der Waals surface area contributed by atoms with Gasteiger partial charge in [-0.1, -0.05) is 30.7 Å². The molecule has 0 atom stereocenters. The molecule has 2 aromatic carbocycles. The predicted octanol–water partition coefficient (Wildman–Crippen LogP) is 3.79. The lowest BCUT2D eigenvalue weighted by molar-refractivity contribution is -0.139. The number of carbonyl (C=O) groups is 2. The number of benzene rings is 2. The van der Waals surface area contributed by atoms with E-state index < -0.39 is 22.2 Å². The molecule has 34 heavy (non-hydrogen) atoms. The van der Waals surface area contributed by atoms with Gasteiger partial charge in [-0.05, 0) is 56.5 Å². The molecule has 0 spiro atoms. The summed E-state index contributed by atoms with van der Waals surface area (Å²) in [4.78, 5) is 26.7. The molecule has 3 rings (SSSR count). The van der Waals surface area contributed by atoms with Crippen LogP contribution in [0.5, 0.6) is 5.75 Å². The minimum absolute atomic E-state index is 0.0405. The molecule has 2 aromatic rings. The van der Waals surface area contributed by atoms with Gasteiger partial charge < -0.3 is 18.6 Å². The largest absolute Gasteiger partial charge is 0.459 e. The number of hydrogen-bond donors (Lipinski definition) is 0. The number of esters is 1. The molecule has 0 N–H and O–H groups in total. The van der Waals surface area contributed by atoms with Gasteiger partial charge in [-0.2, -0.15) is 8.42 Å². The topological polar surface area (TPSA) is 99.2 Å². The van der Waals surface area contributed by atoms with E-state index >= 15 is 0 Å². The van der Waals surface area contributed by atoms with Crippen LogP contribution in [0.4, 0.5) is 0 Å². The monoisotopic (exact) mass is 489 g/mol. The molecule has 1 aliphatic carbocycles. The van der Waals surface area contributed by atoms with E-state index in [1.807, 2.05) is 0 Å². The molecule has 0 aliphatic heterocycles. The fourth-order valence-corrected chi connectivity index (χ4v) is 4.71. The van der Waals surface area contributed by atoms with Crippen molar-refractivity contribution in [2.24, 2.45) is 5.92 Å². The van der Waals surface area contributed by atoms with Crippen molar-refractivity contribution in [1.29, 1.82) is 0 Å². The Balaban J connectivity index is 1.79. The summed E-state index contributed by atoms with van der Waals surface area (Å²) in [6.07, 6.45) is 2.44. The van der Waals surface area contributed by atoms with E-state index in [-0.39, 0.29) is 28.0 Å². The first-order chi connectivity index (χ1) is 16.2. The predicted molar refractivity (Wildman–Crippen MR) is 126 cm³/mol. The van der Waals surface area contributed by atoms with E-state index in [0.717, 1.165) is 24.8 Å². The number of amides is 1. The summed E-state index contributed by atoms with van der Waals surface area (Å²) in [6, 6.07) is 12.3. The summed E-state index contributed by atoms with van der Waals surface area (Å²) >= 11 is 0. The van der Waals surface area contributed by atoms with Gasteiger partial charge in [0.15, 0.2) is 0 Å². The zero-order valence-electron chi connectivity index (χ0n) is 19.7. The highest BCUT2D eigenvalue weighted by Crippen LogP contribution is 2.29. The Morgan fingerprint density at radius 2 is 1.82 bits per heavy atom. The van der Waals surface area contributed by atoms with Crippen molar-refractivity contribution in [2.45, 2.75) is 50.7 Å². The molecule has 1 fully saturated rings. The summed E-state index contributed by atoms with van der Waals surface area (Å²) < 4.78 is 41.7. The highest BCUT2D eigenvalue weighted by atomic mass is 32.2. The number of methoxy groups -OCH3 is 1. The van der Waals surface area contributed by atoms with Gasteiger partial charge in [-0.25, -0.2) is 4.79 Å². The SMILES string of the molecule is COCCN(Cc1cccc(OS(=O)(=O)c2ccccc2C(=O)OC(C)C)c1)C(=O)C1CCC1. The second-order valence-corrected chi connectivity index (χ2v) is 10.0. The zero-order valence-corrected chi connectivity index (χ0v) is 20.5. The first-order valence-corrected chi connectivity index (χ1v) is 12.7. The molecule has 1 amide bonds. The maximum absolute atomic E-state index is 13.0. The Morgan fingerprint density at radius 1 is 1.09 bits per heavy atom. The Kier molecular flexibility index (Phi) is 8.68. The van der Waals surface area contributed by atoms with Crippen LogP contribution < -0.4 is 4.18 Å². The van der Waals surface area contributed by atoms with Crippen molar-refractivity contribution in [3.8, 4) is 5.75 Å². The number of hydrogen-bond acceptors (Lipinski definition) is 7. The number of ether oxygens (including phenoxy) is 2. The Hall–Kier alpha value is -2.91. The molecule has 184 valence electrons. The van der Waals surface area contributed by atoms with Gasteiger partial charge in [0.05, 0.1) is 18.3 Å².